The van der Waals surface area contributed by atoms with Crippen LogP contribution in [0.5, 0.6) is 0 Å². The van der Waals surface area contributed by atoms with Gasteiger partial charge in [0.25, 0.3) is 5.91 Å². The predicted octanol–water partition coefficient (Wildman–Crippen LogP) is 1.09. The molecule has 1 saturated heterocycles. The number of likely N-dealkylation sites (tertiary alicyclic amines) is 1. The number of fused-ring (bicyclic) bond motifs is 1. The van der Waals surface area contributed by atoms with E-state index in [1.165, 1.54) is 0 Å². The van der Waals surface area contributed by atoms with Crippen LogP contribution in [0, 0.1) is 5.92 Å². The molecule has 1 fully saturated rings. The van der Waals surface area contributed by atoms with Gasteiger partial charge in [-0.25, -0.2) is 0 Å². The zero-order chi connectivity index (χ0) is 15.0. The van der Waals surface area contributed by atoms with Gasteiger partial charge in [-0.05, 0) is 13.5 Å². The Morgan fingerprint density at radius 2 is 2.19 bits per heavy atom. The third-order valence-corrected chi connectivity index (χ3v) is 4.57. The molecular formula is C14H21ClN4O2. The van der Waals surface area contributed by atoms with E-state index in [9.17, 15) is 4.79 Å². The Bertz CT molecular complexity index is 539. The molecule has 0 aromatic carbocycles. The molecule has 1 amide bonds. The third-order valence-electron chi connectivity index (χ3n) is 4.17. The molecule has 0 N–H and O–H groups in total. The van der Waals surface area contributed by atoms with Crippen molar-refractivity contribution in [3.8, 4) is 0 Å². The minimum absolute atomic E-state index is 0.0596. The predicted molar refractivity (Wildman–Crippen MR) is 79.5 cm³/mol. The zero-order valence-electron chi connectivity index (χ0n) is 12.5. The van der Waals surface area contributed by atoms with Crippen molar-refractivity contribution in [3.05, 3.63) is 16.4 Å². The minimum Gasteiger partial charge on any atom is -0.384 e. The lowest BCUT2D eigenvalue weighted by molar-refractivity contribution is 0.0265. The number of ether oxygens (including phenoxy) is 1. The fraction of sp³-hybridized carbons (Fsp3) is 0.714. The number of carbonyl (C=O) groups is 1. The highest BCUT2D eigenvalue weighted by atomic mass is 35.5. The number of methoxy groups -OCH3 is 1. The van der Waals surface area contributed by atoms with Gasteiger partial charge >= 0.3 is 0 Å². The minimum atomic E-state index is -0.0596. The first kappa shape index (κ1) is 14.8. The van der Waals surface area contributed by atoms with Gasteiger partial charge in [0.2, 0.25) is 0 Å². The van der Waals surface area contributed by atoms with Gasteiger partial charge in [0.15, 0.2) is 5.69 Å². The van der Waals surface area contributed by atoms with Crippen molar-refractivity contribution in [2.45, 2.75) is 19.5 Å². The molecule has 21 heavy (non-hydrogen) atoms. The van der Waals surface area contributed by atoms with Gasteiger partial charge in [-0.1, -0.05) is 11.6 Å². The standard InChI is InChI=1S/C14H21ClN4O2/c1-17-4-3-5-19-11(8-17)12(15)13(16-19)14(20)18-6-10(7-18)9-21-2/h10H,3-9H2,1-2H3. The molecule has 1 aromatic heterocycles. The van der Waals surface area contributed by atoms with Crippen molar-refractivity contribution >= 4 is 17.5 Å². The van der Waals surface area contributed by atoms with Gasteiger partial charge in [-0.2, -0.15) is 5.10 Å². The summed E-state index contributed by atoms with van der Waals surface area (Å²) in [6.45, 7) is 4.73. The van der Waals surface area contributed by atoms with Gasteiger partial charge in [0.1, 0.15) is 0 Å². The maximum Gasteiger partial charge on any atom is 0.275 e. The molecule has 0 aliphatic carbocycles. The molecule has 0 radical (unpaired) electrons. The molecule has 3 heterocycles. The van der Waals surface area contributed by atoms with Crippen molar-refractivity contribution in [1.29, 1.82) is 0 Å². The Hall–Kier alpha value is -1.11. The van der Waals surface area contributed by atoms with E-state index in [-0.39, 0.29) is 5.91 Å². The average molecular weight is 313 g/mol. The number of hydrogen-bond donors (Lipinski definition) is 0. The lowest BCUT2D eigenvalue weighted by atomic mass is 10.0. The molecule has 0 bridgehead atoms. The normalized spacial score (nSPS) is 20.0. The van der Waals surface area contributed by atoms with Crippen LogP contribution in [0.2, 0.25) is 5.02 Å². The number of rotatable bonds is 3. The van der Waals surface area contributed by atoms with Crippen LogP contribution in [0.1, 0.15) is 22.6 Å². The van der Waals surface area contributed by atoms with Crippen molar-refractivity contribution in [3.63, 3.8) is 0 Å². The molecule has 7 heteroatoms. The second-order valence-electron chi connectivity index (χ2n) is 5.96. The van der Waals surface area contributed by atoms with Gasteiger partial charge in [-0.3, -0.25) is 9.48 Å². The molecule has 1 aromatic rings. The summed E-state index contributed by atoms with van der Waals surface area (Å²) in [5, 5.41) is 4.97. The Morgan fingerprint density at radius 3 is 2.90 bits per heavy atom. The molecule has 6 nitrogen and oxygen atoms in total. The van der Waals surface area contributed by atoms with Crippen LogP contribution in [0.4, 0.5) is 0 Å². The molecule has 2 aliphatic rings. The van der Waals surface area contributed by atoms with Gasteiger partial charge in [0.05, 0.1) is 17.3 Å². The molecule has 2 aliphatic heterocycles. The topological polar surface area (TPSA) is 50.6 Å². The zero-order valence-corrected chi connectivity index (χ0v) is 13.3. The number of nitrogens with zero attached hydrogens (tertiary/aromatic N) is 4. The van der Waals surface area contributed by atoms with Crippen molar-refractivity contribution < 1.29 is 9.53 Å². The highest BCUT2D eigenvalue weighted by Gasteiger charge is 2.34. The Labute approximate surface area is 129 Å². The smallest absolute Gasteiger partial charge is 0.275 e. The Kier molecular flexibility index (Phi) is 4.19. The second kappa shape index (κ2) is 5.94. The van der Waals surface area contributed by atoms with Crippen molar-refractivity contribution in [1.82, 2.24) is 19.6 Å². The molecule has 0 unspecified atom stereocenters. The van der Waals surface area contributed by atoms with E-state index in [2.05, 4.69) is 17.0 Å². The summed E-state index contributed by atoms with van der Waals surface area (Å²) < 4.78 is 7.00. The van der Waals surface area contributed by atoms with E-state index < -0.39 is 0 Å². The third kappa shape index (κ3) is 2.80. The summed E-state index contributed by atoms with van der Waals surface area (Å²) in [6, 6.07) is 0. The van der Waals surface area contributed by atoms with E-state index in [4.69, 9.17) is 16.3 Å². The fourth-order valence-electron chi connectivity index (χ4n) is 3.00. The monoisotopic (exact) mass is 312 g/mol. The van der Waals surface area contributed by atoms with Crippen LogP contribution in [0.3, 0.4) is 0 Å². The lowest BCUT2D eigenvalue weighted by Crippen LogP contribution is -2.51. The summed E-state index contributed by atoms with van der Waals surface area (Å²) in [5.41, 5.74) is 1.35. The van der Waals surface area contributed by atoms with Crippen LogP contribution in [0.25, 0.3) is 0 Å². The van der Waals surface area contributed by atoms with E-state index in [0.29, 0.717) is 23.2 Å². The summed E-state index contributed by atoms with van der Waals surface area (Å²) in [7, 11) is 3.75. The molecule has 0 spiro atoms. The maximum absolute atomic E-state index is 12.5. The van der Waals surface area contributed by atoms with Crippen LogP contribution in [0.15, 0.2) is 0 Å². The summed E-state index contributed by atoms with van der Waals surface area (Å²) >= 11 is 6.42. The summed E-state index contributed by atoms with van der Waals surface area (Å²) in [6.07, 6.45) is 1.02. The van der Waals surface area contributed by atoms with Gasteiger partial charge in [-0.15, -0.1) is 0 Å². The van der Waals surface area contributed by atoms with Crippen LogP contribution in [-0.2, 0) is 17.8 Å². The molecule has 0 saturated carbocycles. The maximum atomic E-state index is 12.5. The number of aryl methyl sites for hydroxylation is 1. The van der Waals surface area contributed by atoms with E-state index in [1.54, 1.807) is 12.0 Å². The first-order valence-electron chi connectivity index (χ1n) is 7.32. The highest BCUT2D eigenvalue weighted by molar-refractivity contribution is 6.34. The second-order valence-corrected chi connectivity index (χ2v) is 6.33. The van der Waals surface area contributed by atoms with E-state index in [0.717, 1.165) is 44.8 Å². The number of hydrogen-bond acceptors (Lipinski definition) is 4. The number of aromatic nitrogens is 2. The molecular weight excluding hydrogens is 292 g/mol. The first-order valence-corrected chi connectivity index (χ1v) is 7.70. The Morgan fingerprint density at radius 1 is 1.43 bits per heavy atom. The number of carbonyl (C=O) groups excluding carboxylic acids is 1. The fourth-order valence-corrected chi connectivity index (χ4v) is 3.28. The quantitative estimate of drug-likeness (QED) is 0.838. The van der Waals surface area contributed by atoms with Gasteiger partial charge < -0.3 is 14.5 Å². The Balaban J connectivity index is 1.75. The van der Waals surface area contributed by atoms with Gasteiger partial charge in [0, 0.05) is 45.8 Å². The molecule has 0 atom stereocenters. The van der Waals surface area contributed by atoms with E-state index >= 15 is 0 Å². The van der Waals surface area contributed by atoms with Crippen LogP contribution >= 0.6 is 11.6 Å². The van der Waals surface area contributed by atoms with Crippen LogP contribution < -0.4 is 0 Å². The van der Waals surface area contributed by atoms with Crippen LogP contribution in [-0.4, -0.2) is 65.9 Å². The molecule has 116 valence electrons. The highest BCUT2D eigenvalue weighted by Crippen LogP contribution is 2.27. The number of amides is 1. The summed E-state index contributed by atoms with van der Waals surface area (Å²) in [4.78, 5) is 16.5. The van der Waals surface area contributed by atoms with E-state index in [1.807, 2.05) is 4.68 Å². The van der Waals surface area contributed by atoms with Crippen molar-refractivity contribution in [2.75, 3.05) is 40.4 Å². The largest absolute Gasteiger partial charge is 0.384 e. The lowest BCUT2D eigenvalue weighted by Gasteiger charge is -2.38. The average Bonchev–Trinajstić information content (AvgIpc) is 2.60. The molecule has 3 rings (SSSR count). The first-order chi connectivity index (χ1) is 10.1. The van der Waals surface area contributed by atoms with Crippen molar-refractivity contribution in [2.24, 2.45) is 5.92 Å². The SMILES string of the molecule is COCC1CN(C(=O)c2nn3c(c2Cl)CN(C)CCC3)C1. The summed E-state index contributed by atoms with van der Waals surface area (Å²) in [5.74, 6) is 0.375. The number of halogens is 1.